The Bertz CT molecular complexity index is 1190. The Kier molecular flexibility index (Phi) is 9.31. The van der Waals surface area contributed by atoms with Crippen molar-refractivity contribution in [1.82, 2.24) is 0 Å². The molecule has 35 heavy (non-hydrogen) atoms. The normalized spacial score (nSPS) is 21.0. The molecule has 7 nitrogen and oxygen atoms in total. The zero-order chi connectivity index (χ0) is 25.6. The van der Waals surface area contributed by atoms with Crippen molar-refractivity contribution in [1.29, 1.82) is 5.26 Å². The van der Waals surface area contributed by atoms with E-state index in [4.69, 9.17) is 5.11 Å². The maximum atomic E-state index is 12.6. The summed E-state index contributed by atoms with van der Waals surface area (Å²) < 4.78 is 25.2. The quantitative estimate of drug-likeness (QED) is 0.426. The fourth-order valence-electron chi connectivity index (χ4n) is 4.76. The van der Waals surface area contributed by atoms with Gasteiger partial charge in [0.15, 0.2) is 9.84 Å². The van der Waals surface area contributed by atoms with Crippen molar-refractivity contribution in [2.45, 2.75) is 64.2 Å². The first-order valence-electron chi connectivity index (χ1n) is 12.3. The summed E-state index contributed by atoms with van der Waals surface area (Å²) >= 11 is 0. The van der Waals surface area contributed by atoms with Crippen LogP contribution in [0.5, 0.6) is 0 Å². The van der Waals surface area contributed by atoms with E-state index in [0.717, 1.165) is 29.7 Å². The summed E-state index contributed by atoms with van der Waals surface area (Å²) in [4.78, 5) is 2.11. The molecule has 8 heteroatoms. The molecule has 4 unspecified atom stereocenters. The van der Waals surface area contributed by atoms with Crippen LogP contribution in [0.3, 0.4) is 0 Å². The van der Waals surface area contributed by atoms with E-state index in [1.165, 1.54) is 31.0 Å². The number of allylic oxidation sites excluding steroid dienone is 1. The molecule has 1 fully saturated rings. The van der Waals surface area contributed by atoms with Crippen molar-refractivity contribution in [3.63, 3.8) is 0 Å². The third kappa shape index (κ3) is 6.83. The van der Waals surface area contributed by atoms with Crippen molar-refractivity contribution in [3.05, 3.63) is 46.9 Å². The van der Waals surface area contributed by atoms with Crippen LogP contribution in [-0.4, -0.2) is 60.9 Å². The average Bonchev–Trinajstić information content (AvgIpc) is 2.85. The molecule has 1 aliphatic rings. The van der Waals surface area contributed by atoms with E-state index < -0.39 is 39.3 Å². The number of benzene rings is 2. The Labute approximate surface area is 208 Å². The maximum Gasteiger partial charge on any atom is 0.188 e. The SMILES string of the molecule is CCCC1CC(C)CCN1c1ccc2cc(/C=C(\C#N)S(=O)(=O)CCC(O)C(O)CO)ccc2c1. The molecule has 0 amide bonds. The predicted octanol–water partition coefficient (Wildman–Crippen LogP) is 3.63. The van der Waals surface area contributed by atoms with Gasteiger partial charge in [-0.05, 0) is 72.2 Å². The molecular weight excluding hydrogens is 464 g/mol. The van der Waals surface area contributed by atoms with Crippen LogP contribution in [0.1, 0.15) is 51.5 Å². The molecule has 3 rings (SSSR count). The number of nitrogens with zero attached hydrogens (tertiary/aromatic N) is 2. The number of hydrogen-bond donors (Lipinski definition) is 3. The van der Waals surface area contributed by atoms with Crippen molar-refractivity contribution in [2.75, 3.05) is 23.8 Å². The zero-order valence-electron chi connectivity index (χ0n) is 20.5. The van der Waals surface area contributed by atoms with Gasteiger partial charge in [0.1, 0.15) is 17.1 Å². The van der Waals surface area contributed by atoms with E-state index in [2.05, 4.69) is 30.9 Å². The molecule has 1 heterocycles. The van der Waals surface area contributed by atoms with Gasteiger partial charge in [-0.2, -0.15) is 5.26 Å². The lowest BCUT2D eigenvalue weighted by molar-refractivity contribution is -0.0148. The third-order valence-corrected chi connectivity index (χ3v) is 8.49. The molecule has 0 bridgehead atoms. The van der Waals surface area contributed by atoms with Crippen molar-refractivity contribution in [2.24, 2.45) is 5.92 Å². The number of sulfone groups is 1. The van der Waals surface area contributed by atoms with Crippen LogP contribution in [0, 0.1) is 17.2 Å². The van der Waals surface area contributed by atoms with Crippen molar-refractivity contribution < 1.29 is 23.7 Å². The van der Waals surface area contributed by atoms with Crippen LogP contribution in [0.2, 0.25) is 0 Å². The van der Waals surface area contributed by atoms with Gasteiger partial charge in [-0.1, -0.05) is 38.5 Å². The summed E-state index contributed by atoms with van der Waals surface area (Å²) in [5.74, 6) is 0.237. The Morgan fingerprint density at radius 3 is 2.60 bits per heavy atom. The molecule has 2 aromatic rings. The van der Waals surface area contributed by atoms with Crippen LogP contribution in [0.15, 0.2) is 41.3 Å². The lowest BCUT2D eigenvalue weighted by Gasteiger charge is -2.40. The summed E-state index contributed by atoms with van der Waals surface area (Å²) in [6.07, 6.45) is 2.97. The first-order chi connectivity index (χ1) is 16.7. The third-order valence-electron chi connectivity index (χ3n) is 6.84. The van der Waals surface area contributed by atoms with Gasteiger partial charge in [0.2, 0.25) is 0 Å². The minimum Gasteiger partial charge on any atom is -0.394 e. The first-order valence-corrected chi connectivity index (χ1v) is 14.0. The molecule has 3 N–H and O–H groups in total. The summed E-state index contributed by atoms with van der Waals surface area (Å²) in [6.45, 7) is 4.93. The van der Waals surface area contributed by atoms with Gasteiger partial charge in [0, 0.05) is 18.3 Å². The van der Waals surface area contributed by atoms with E-state index in [9.17, 15) is 23.9 Å². The number of anilines is 1. The van der Waals surface area contributed by atoms with Crippen molar-refractivity contribution in [3.8, 4) is 6.07 Å². The number of fused-ring (bicyclic) bond motifs is 1. The van der Waals surface area contributed by atoms with Crippen LogP contribution < -0.4 is 4.90 Å². The Morgan fingerprint density at radius 2 is 1.91 bits per heavy atom. The van der Waals surface area contributed by atoms with E-state index in [1.807, 2.05) is 18.2 Å². The average molecular weight is 501 g/mol. The Hall–Kier alpha value is -2.44. The molecule has 2 aromatic carbocycles. The van der Waals surface area contributed by atoms with E-state index in [-0.39, 0.29) is 6.42 Å². The number of rotatable bonds is 10. The van der Waals surface area contributed by atoms with Crippen LogP contribution in [0.4, 0.5) is 5.69 Å². The number of hydrogen-bond acceptors (Lipinski definition) is 7. The summed E-state index contributed by atoms with van der Waals surface area (Å²) in [5, 5.41) is 39.5. The second-order valence-electron chi connectivity index (χ2n) is 9.60. The second kappa shape index (κ2) is 12.0. The molecule has 0 radical (unpaired) electrons. The summed E-state index contributed by atoms with van der Waals surface area (Å²) in [7, 11) is -3.96. The zero-order valence-corrected chi connectivity index (χ0v) is 21.3. The topological polar surface area (TPSA) is 122 Å². The highest BCUT2D eigenvalue weighted by Crippen LogP contribution is 2.32. The van der Waals surface area contributed by atoms with Crippen molar-refractivity contribution >= 4 is 32.4 Å². The monoisotopic (exact) mass is 500 g/mol. The smallest absolute Gasteiger partial charge is 0.188 e. The van der Waals surface area contributed by atoms with Gasteiger partial charge in [-0.15, -0.1) is 0 Å². The van der Waals surface area contributed by atoms with Gasteiger partial charge >= 0.3 is 0 Å². The molecule has 0 aliphatic carbocycles. The second-order valence-corrected chi connectivity index (χ2v) is 11.7. The molecule has 0 aromatic heterocycles. The highest BCUT2D eigenvalue weighted by molar-refractivity contribution is 7.95. The highest BCUT2D eigenvalue weighted by Gasteiger charge is 2.26. The number of nitriles is 1. The van der Waals surface area contributed by atoms with Gasteiger partial charge < -0.3 is 20.2 Å². The Balaban J connectivity index is 1.82. The lowest BCUT2D eigenvalue weighted by Crippen LogP contribution is -2.42. The summed E-state index contributed by atoms with van der Waals surface area (Å²) in [5.41, 5.74) is 1.80. The lowest BCUT2D eigenvalue weighted by atomic mass is 9.89. The number of aliphatic hydroxyl groups excluding tert-OH is 3. The molecule has 1 saturated heterocycles. The highest BCUT2D eigenvalue weighted by atomic mass is 32.2. The Morgan fingerprint density at radius 1 is 1.20 bits per heavy atom. The van der Waals surface area contributed by atoms with Gasteiger partial charge in [0.25, 0.3) is 0 Å². The maximum absolute atomic E-state index is 12.6. The van der Waals surface area contributed by atoms with Gasteiger partial charge in [0.05, 0.1) is 18.5 Å². The number of piperidine rings is 1. The fraction of sp³-hybridized carbons (Fsp3) is 0.519. The van der Waals surface area contributed by atoms with E-state index in [1.54, 1.807) is 12.1 Å². The van der Waals surface area contributed by atoms with Crippen LogP contribution >= 0.6 is 0 Å². The van der Waals surface area contributed by atoms with E-state index in [0.29, 0.717) is 11.6 Å². The molecule has 1 aliphatic heterocycles. The standard InChI is InChI=1S/C27H36N2O5S/c1-3-4-23-13-19(2)9-11-29(23)24-8-7-21-14-20(5-6-22(21)16-24)15-25(17-28)35(33,34)12-10-26(31)27(32)18-30/h5-8,14-16,19,23,26-27,30-32H,3-4,9-13,18H2,1-2H3/b25-15+. The van der Waals surface area contributed by atoms with Gasteiger partial charge in [-0.25, -0.2) is 8.42 Å². The predicted molar refractivity (Wildman–Crippen MR) is 139 cm³/mol. The van der Waals surface area contributed by atoms with Gasteiger partial charge in [-0.3, -0.25) is 0 Å². The minimum atomic E-state index is -3.96. The minimum absolute atomic E-state index is 0.280. The molecule has 190 valence electrons. The molecule has 0 spiro atoms. The van der Waals surface area contributed by atoms with Crippen LogP contribution in [0.25, 0.3) is 16.8 Å². The van der Waals surface area contributed by atoms with E-state index >= 15 is 0 Å². The first kappa shape index (κ1) is 27.2. The van der Waals surface area contributed by atoms with Crippen LogP contribution in [-0.2, 0) is 9.84 Å². The fourth-order valence-corrected chi connectivity index (χ4v) is 5.99. The number of aliphatic hydroxyl groups is 3. The largest absolute Gasteiger partial charge is 0.394 e. The summed E-state index contributed by atoms with van der Waals surface area (Å²) in [6, 6.07) is 14.2. The molecular formula is C27H36N2O5S. The molecule has 0 saturated carbocycles. The molecule has 4 atom stereocenters.